The molecule has 0 unspecified atom stereocenters. The summed E-state index contributed by atoms with van der Waals surface area (Å²) in [5.41, 5.74) is 1.64. The average molecular weight is 459 g/mol. The fourth-order valence-electron chi connectivity index (χ4n) is 5.38. The minimum Gasteiger partial charge on any atom is -0.427 e. The van der Waals surface area contributed by atoms with E-state index >= 15 is 0 Å². The molecule has 2 saturated heterocycles. The van der Waals surface area contributed by atoms with Crippen molar-refractivity contribution in [2.24, 2.45) is 17.3 Å². The molecular formula is C27H26N2O5. The highest BCUT2D eigenvalue weighted by molar-refractivity contribution is 6.24. The van der Waals surface area contributed by atoms with E-state index < -0.39 is 35.3 Å². The van der Waals surface area contributed by atoms with Gasteiger partial charge in [-0.1, -0.05) is 45.0 Å². The van der Waals surface area contributed by atoms with Gasteiger partial charge >= 0.3 is 5.97 Å². The summed E-state index contributed by atoms with van der Waals surface area (Å²) in [6.45, 7) is 6.82. The third kappa shape index (κ3) is 3.26. The fraction of sp³-hybridized carbons (Fsp3) is 0.333. The number of amides is 2. The van der Waals surface area contributed by atoms with Crippen molar-refractivity contribution >= 4 is 35.3 Å². The second-order valence-corrected chi connectivity index (χ2v) is 10.0. The molecule has 0 aliphatic carbocycles. The molecule has 0 aromatic heterocycles. The Bertz CT molecular complexity index is 1240. The summed E-state index contributed by atoms with van der Waals surface area (Å²) in [5.74, 6) is -2.35. The third-order valence-corrected chi connectivity index (χ3v) is 6.83. The number of Topliss-reactive ketones (excluding diaryl/α,β-unsaturated/α-hetero) is 1. The maximum atomic E-state index is 13.8. The van der Waals surface area contributed by atoms with E-state index in [1.807, 2.05) is 62.2 Å². The van der Waals surface area contributed by atoms with Gasteiger partial charge in [0.2, 0.25) is 11.8 Å². The van der Waals surface area contributed by atoms with Crippen LogP contribution in [0.4, 0.5) is 5.69 Å². The first kappa shape index (κ1) is 22.1. The van der Waals surface area contributed by atoms with Gasteiger partial charge in [-0.2, -0.15) is 0 Å². The first-order valence-electron chi connectivity index (χ1n) is 11.3. The smallest absolute Gasteiger partial charge is 0.308 e. The van der Waals surface area contributed by atoms with Gasteiger partial charge in [0.15, 0.2) is 5.78 Å². The molecule has 2 aromatic rings. The molecule has 0 saturated carbocycles. The number of esters is 1. The number of rotatable bonds is 3. The molecular weight excluding hydrogens is 432 g/mol. The summed E-state index contributed by atoms with van der Waals surface area (Å²) in [6, 6.07) is 12.9. The molecule has 2 fully saturated rings. The molecule has 0 N–H and O–H groups in total. The van der Waals surface area contributed by atoms with E-state index in [9.17, 15) is 19.2 Å². The average Bonchev–Trinajstić information content (AvgIpc) is 3.25. The molecule has 0 spiro atoms. The predicted molar refractivity (Wildman–Crippen MR) is 126 cm³/mol. The number of nitrogens with zero attached hydrogens (tertiary/aromatic N) is 2. The van der Waals surface area contributed by atoms with E-state index in [2.05, 4.69) is 0 Å². The zero-order valence-electron chi connectivity index (χ0n) is 19.5. The lowest BCUT2D eigenvalue weighted by Gasteiger charge is -2.37. The van der Waals surface area contributed by atoms with E-state index in [1.54, 1.807) is 24.3 Å². The maximum Gasteiger partial charge on any atom is 0.308 e. The molecule has 5 rings (SSSR count). The van der Waals surface area contributed by atoms with Gasteiger partial charge in [0.05, 0.1) is 23.6 Å². The van der Waals surface area contributed by atoms with Crippen LogP contribution >= 0.6 is 0 Å². The van der Waals surface area contributed by atoms with Crippen LogP contribution in [0.15, 0.2) is 54.7 Å². The Morgan fingerprint density at radius 2 is 1.56 bits per heavy atom. The molecule has 4 atom stereocenters. The van der Waals surface area contributed by atoms with Crippen molar-refractivity contribution < 1.29 is 23.9 Å². The van der Waals surface area contributed by atoms with Gasteiger partial charge in [-0.05, 0) is 41.5 Å². The van der Waals surface area contributed by atoms with Crippen molar-refractivity contribution in [2.75, 3.05) is 4.90 Å². The normalized spacial score (nSPS) is 25.2. The Morgan fingerprint density at radius 3 is 2.21 bits per heavy atom. The maximum absolute atomic E-state index is 13.8. The molecule has 0 radical (unpaired) electrons. The Morgan fingerprint density at radius 1 is 0.912 bits per heavy atom. The van der Waals surface area contributed by atoms with Gasteiger partial charge in [-0.25, -0.2) is 4.90 Å². The van der Waals surface area contributed by atoms with Crippen molar-refractivity contribution in [2.45, 2.75) is 39.8 Å². The zero-order chi connectivity index (χ0) is 24.4. The molecule has 3 heterocycles. The van der Waals surface area contributed by atoms with Gasteiger partial charge in [-0.15, -0.1) is 0 Å². The number of ketones is 1. The van der Waals surface area contributed by atoms with Crippen molar-refractivity contribution in [3.63, 3.8) is 0 Å². The zero-order valence-corrected chi connectivity index (χ0v) is 19.5. The number of ether oxygens (including phenoxy) is 1. The molecule has 174 valence electrons. The van der Waals surface area contributed by atoms with Gasteiger partial charge < -0.3 is 9.64 Å². The minimum absolute atomic E-state index is 0.0674. The monoisotopic (exact) mass is 458 g/mol. The molecule has 3 aliphatic rings. The molecule has 3 aliphatic heterocycles. The summed E-state index contributed by atoms with van der Waals surface area (Å²) in [4.78, 5) is 55.5. The third-order valence-electron chi connectivity index (χ3n) is 6.83. The van der Waals surface area contributed by atoms with E-state index in [0.717, 1.165) is 11.1 Å². The van der Waals surface area contributed by atoms with Crippen LogP contribution in [-0.4, -0.2) is 34.5 Å². The second-order valence-electron chi connectivity index (χ2n) is 10.0. The second kappa shape index (κ2) is 7.65. The number of benzene rings is 2. The van der Waals surface area contributed by atoms with E-state index in [0.29, 0.717) is 11.4 Å². The standard InChI is InChI=1S/C27H26N2O5/c1-15(30)34-18-11-9-17(10-12-18)29-25(32)20-21(26(29)33)23(24(31)27(2,3)4)28-14-13-16-7-5-6-8-19(16)22(20)28/h5-14,20-23H,1-4H3/t20-,21+,22+,23-/m1/s1. The lowest BCUT2D eigenvalue weighted by molar-refractivity contribution is -0.135. The van der Waals surface area contributed by atoms with Crippen LogP contribution in [0.5, 0.6) is 5.75 Å². The number of carbonyl (C=O) groups excluding carboxylic acids is 4. The van der Waals surface area contributed by atoms with E-state index in [-0.39, 0.29) is 17.6 Å². The minimum atomic E-state index is -0.784. The first-order chi connectivity index (χ1) is 16.1. The molecule has 34 heavy (non-hydrogen) atoms. The lowest BCUT2D eigenvalue weighted by Crippen LogP contribution is -2.47. The van der Waals surface area contributed by atoms with Gasteiger partial charge in [-0.3, -0.25) is 19.2 Å². The summed E-state index contributed by atoms with van der Waals surface area (Å²) in [7, 11) is 0. The van der Waals surface area contributed by atoms with Crippen LogP contribution in [-0.2, 0) is 19.2 Å². The fourth-order valence-corrected chi connectivity index (χ4v) is 5.38. The Labute approximate surface area is 198 Å². The highest BCUT2D eigenvalue weighted by Gasteiger charge is 2.65. The van der Waals surface area contributed by atoms with Crippen molar-refractivity contribution in [1.29, 1.82) is 0 Å². The summed E-state index contributed by atoms with van der Waals surface area (Å²) >= 11 is 0. The molecule has 7 heteroatoms. The Hall–Kier alpha value is -3.74. The number of imide groups is 1. The number of carbonyl (C=O) groups is 4. The molecule has 7 nitrogen and oxygen atoms in total. The van der Waals surface area contributed by atoms with Crippen molar-refractivity contribution in [3.8, 4) is 5.75 Å². The summed E-state index contributed by atoms with van der Waals surface area (Å²) < 4.78 is 5.07. The van der Waals surface area contributed by atoms with Gasteiger partial charge in [0, 0.05) is 18.5 Å². The Balaban J connectivity index is 1.59. The first-order valence-corrected chi connectivity index (χ1v) is 11.3. The predicted octanol–water partition coefficient (Wildman–Crippen LogP) is 3.74. The van der Waals surface area contributed by atoms with Crippen LogP contribution in [0.1, 0.15) is 44.9 Å². The highest BCUT2D eigenvalue weighted by Crippen LogP contribution is 2.54. The summed E-state index contributed by atoms with van der Waals surface area (Å²) in [5, 5.41) is 0. The molecule has 2 amide bonds. The van der Waals surface area contributed by atoms with Crippen LogP contribution in [0.25, 0.3) is 6.08 Å². The van der Waals surface area contributed by atoms with E-state index in [4.69, 9.17) is 4.74 Å². The van der Waals surface area contributed by atoms with Crippen LogP contribution in [0.2, 0.25) is 0 Å². The molecule has 2 aromatic carbocycles. The Kier molecular flexibility index (Phi) is 4.97. The van der Waals surface area contributed by atoms with Crippen LogP contribution < -0.4 is 9.64 Å². The van der Waals surface area contributed by atoms with Crippen molar-refractivity contribution in [1.82, 2.24) is 4.90 Å². The van der Waals surface area contributed by atoms with Crippen LogP contribution in [0.3, 0.4) is 0 Å². The number of hydrogen-bond donors (Lipinski definition) is 0. The van der Waals surface area contributed by atoms with Gasteiger partial charge in [0.25, 0.3) is 0 Å². The SMILES string of the molecule is CC(=O)Oc1ccc(N2C(=O)[C@@H]3[C@H](C2=O)[C@H](C(=O)C(C)(C)C)N2C=Cc4ccccc4[C@@H]32)cc1. The highest BCUT2D eigenvalue weighted by atomic mass is 16.5. The lowest BCUT2D eigenvalue weighted by atomic mass is 9.79. The van der Waals surface area contributed by atoms with E-state index in [1.165, 1.54) is 11.8 Å². The number of hydrogen-bond acceptors (Lipinski definition) is 6. The topological polar surface area (TPSA) is 84.0 Å². The number of anilines is 1. The van der Waals surface area contributed by atoms with Gasteiger partial charge in [0.1, 0.15) is 11.8 Å². The summed E-state index contributed by atoms with van der Waals surface area (Å²) in [6.07, 6.45) is 3.80. The quantitative estimate of drug-likeness (QED) is 0.396. The van der Waals surface area contributed by atoms with Crippen molar-refractivity contribution in [3.05, 3.63) is 65.9 Å². The van der Waals surface area contributed by atoms with Crippen LogP contribution in [0, 0.1) is 17.3 Å². The number of fused-ring (bicyclic) bond motifs is 5. The molecule has 0 bridgehead atoms. The largest absolute Gasteiger partial charge is 0.427 e.